The van der Waals surface area contributed by atoms with E-state index in [0.717, 1.165) is 0 Å². The number of ether oxygens (including phenoxy) is 4. The molecule has 0 aromatic rings. The molecule has 24 heavy (non-hydrogen) atoms. The van der Waals surface area contributed by atoms with Crippen LogP contribution in [0, 0.1) is 12.3 Å². The van der Waals surface area contributed by atoms with Crippen molar-refractivity contribution in [2.24, 2.45) is 0 Å². The van der Waals surface area contributed by atoms with E-state index >= 15 is 0 Å². The molecule has 0 atom stereocenters. The monoisotopic (exact) mass is 360 g/mol. The summed E-state index contributed by atoms with van der Waals surface area (Å²) in [6, 6.07) is 0. The number of rotatable bonds is 15. The normalized spacial score (nSPS) is 12.3. The van der Waals surface area contributed by atoms with Gasteiger partial charge in [0.1, 0.15) is 0 Å². The van der Waals surface area contributed by atoms with Gasteiger partial charge >= 0.3 is 0 Å². The van der Waals surface area contributed by atoms with Crippen molar-refractivity contribution in [2.45, 2.75) is 45.3 Å². The van der Waals surface area contributed by atoms with Crippen LogP contribution in [0.2, 0.25) is 18.1 Å². The van der Waals surface area contributed by atoms with E-state index in [1.165, 1.54) is 0 Å². The van der Waals surface area contributed by atoms with Crippen molar-refractivity contribution in [1.29, 1.82) is 0 Å². The highest BCUT2D eigenvalue weighted by Crippen LogP contribution is 2.36. The SMILES string of the molecule is C#CCCOCCOCCOCCOCCO[Si](C)(C)C(C)(C)C. The fourth-order valence-electron chi connectivity index (χ4n) is 1.47. The largest absolute Gasteiger partial charge is 0.414 e. The molecule has 142 valence electrons. The summed E-state index contributed by atoms with van der Waals surface area (Å²) in [5.74, 6) is 2.52. The van der Waals surface area contributed by atoms with Gasteiger partial charge in [-0.1, -0.05) is 20.8 Å². The summed E-state index contributed by atoms with van der Waals surface area (Å²) < 4.78 is 27.6. The van der Waals surface area contributed by atoms with Crippen molar-refractivity contribution in [2.75, 3.05) is 59.5 Å². The van der Waals surface area contributed by atoms with Crippen LogP contribution in [-0.2, 0) is 23.4 Å². The topological polar surface area (TPSA) is 46.2 Å². The quantitative estimate of drug-likeness (QED) is 0.255. The second-order valence-electron chi connectivity index (χ2n) is 7.01. The van der Waals surface area contributed by atoms with Crippen LogP contribution in [0.15, 0.2) is 0 Å². The predicted octanol–water partition coefficient (Wildman–Crippen LogP) is 3.10. The van der Waals surface area contributed by atoms with Crippen molar-refractivity contribution in [3.05, 3.63) is 0 Å². The van der Waals surface area contributed by atoms with Gasteiger partial charge in [-0.05, 0) is 18.1 Å². The molecule has 6 heteroatoms. The first-order valence-corrected chi connectivity index (χ1v) is 11.6. The van der Waals surface area contributed by atoms with Gasteiger partial charge in [0.2, 0.25) is 0 Å². The first-order chi connectivity index (χ1) is 11.3. The minimum Gasteiger partial charge on any atom is -0.414 e. The summed E-state index contributed by atoms with van der Waals surface area (Å²) in [7, 11) is -1.66. The van der Waals surface area contributed by atoms with E-state index < -0.39 is 8.32 Å². The Kier molecular flexibility index (Phi) is 13.6. The van der Waals surface area contributed by atoms with Gasteiger partial charge in [0.05, 0.1) is 59.5 Å². The highest BCUT2D eigenvalue weighted by molar-refractivity contribution is 6.74. The molecule has 0 rings (SSSR count). The lowest BCUT2D eigenvalue weighted by Crippen LogP contribution is -2.41. The molecule has 5 nitrogen and oxygen atoms in total. The second-order valence-corrected chi connectivity index (χ2v) is 11.8. The summed E-state index contributed by atoms with van der Waals surface area (Å²) in [5, 5.41) is 0.239. The predicted molar refractivity (Wildman–Crippen MR) is 99.9 cm³/mol. The summed E-state index contributed by atoms with van der Waals surface area (Å²) in [6.07, 6.45) is 5.76. The van der Waals surface area contributed by atoms with Gasteiger partial charge in [0, 0.05) is 6.42 Å². The number of hydrogen-bond donors (Lipinski definition) is 0. The average molecular weight is 361 g/mol. The molecule has 0 saturated carbocycles. The maximum absolute atomic E-state index is 6.03. The van der Waals surface area contributed by atoms with Crippen LogP contribution < -0.4 is 0 Å². The Morgan fingerprint density at radius 1 is 0.708 bits per heavy atom. The summed E-state index contributed by atoms with van der Waals surface area (Å²) in [4.78, 5) is 0. The van der Waals surface area contributed by atoms with Crippen LogP contribution in [0.4, 0.5) is 0 Å². The molecule has 0 spiro atoms. The molecule has 0 fully saturated rings. The molecule has 0 N–H and O–H groups in total. The van der Waals surface area contributed by atoms with Crippen LogP contribution in [-0.4, -0.2) is 67.8 Å². The van der Waals surface area contributed by atoms with Gasteiger partial charge in [-0.2, -0.15) is 0 Å². The molecule has 0 amide bonds. The Hall–Kier alpha value is -0.423. The van der Waals surface area contributed by atoms with Crippen molar-refractivity contribution in [1.82, 2.24) is 0 Å². The molecule has 0 bridgehead atoms. The molecule has 0 aliphatic heterocycles. The summed E-state index contributed by atoms with van der Waals surface area (Å²) in [6.45, 7) is 16.5. The standard InChI is InChI=1S/C18H36O5Si/c1-7-8-9-19-10-11-20-12-13-21-14-15-22-16-17-23-24(5,6)18(2,3)4/h1H,8-17H2,2-6H3. The Morgan fingerprint density at radius 2 is 1.08 bits per heavy atom. The smallest absolute Gasteiger partial charge is 0.192 e. The lowest BCUT2D eigenvalue weighted by molar-refractivity contribution is -0.00451. The first-order valence-electron chi connectivity index (χ1n) is 8.69. The first kappa shape index (κ1) is 23.6. The minimum absolute atomic E-state index is 0.239. The zero-order chi connectivity index (χ0) is 18.3. The Bertz CT molecular complexity index is 333. The molecule has 0 aliphatic rings. The number of hydrogen-bond acceptors (Lipinski definition) is 5. The van der Waals surface area contributed by atoms with E-state index in [0.29, 0.717) is 65.9 Å². The van der Waals surface area contributed by atoms with E-state index in [2.05, 4.69) is 39.8 Å². The third-order valence-corrected chi connectivity index (χ3v) is 8.54. The van der Waals surface area contributed by atoms with Crippen LogP contribution in [0.1, 0.15) is 27.2 Å². The zero-order valence-electron chi connectivity index (χ0n) is 16.2. The Morgan fingerprint density at radius 3 is 1.46 bits per heavy atom. The molecule has 0 radical (unpaired) electrons. The maximum atomic E-state index is 6.03. The second kappa shape index (κ2) is 13.8. The minimum atomic E-state index is -1.66. The maximum Gasteiger partial charge on any atom is 0.192 e. The molecule has 0 aromatic heterocycles. The molecule has 0 aliphatic carbocycles. The molecular formula is C18H36O5Si. The molecule has 0 saturated heterocycles. The third kappa shape index (κ3) is 12.9. The van der Waals surface area contributed by atoms with Gasteiger partial charge in [-0.15, -0.1) is 12.3 Å². The zero-order valence-corrected chi connectivity index (χ0v) is 17.2. The van der Waals surface area contributed by atoms with Gasteiger partial charge in [-0.25, -0.2) is 0 Å². The van der Waals surface area contributed by atoms with Gasteiger partial charge in [0.25, 0.3) is 0 Å². The number of terminal acetylenes is 1. The van der Waals surface area contributed by atoms with Crippen LogP contribution in [0.5, 0.6) is 0 Å². The van der Waals surface area contributed by atoms with Crippen molar-refractivity contribution in [3.8, 4) is 12.3 Å². The van der Waals surface area contributed by atoms with Crippen LogP contribution in [0.25, 0.3) is 0 Å². The van der Waals surface area contributed by atoms with E-state index in [9.17, 15) is 0 Å². The Balaban J connectivity index is 3.25. The fraction of sp³-hybridized carbons (Fsp3) is 0.889. The van der Waals surface area contributed by atoms with Crippen molar-refractivity contribution < 1.29 is 23.4 Å². The summed E-state index contributed by atoms with van der Waals surface area (Å²) >= 11 is 0. The lowest BCUT2D eigenvalue weighted by Gasteiger charge is -2.36. The molecule has 0 heterocycles. The van der Waals surface area contributed by atoms with E-state index in [-0.39, 0.29) is 5.04 Å². The van der Waals surface area contributed by atoms with Crippen LogP contribution in [0.3, 0.4) is 0 Å². The average Bonchev–Trinajstić information content (AvgIpc) is 2.50. The highest BCUT2D eigenvalue weighted by Gasteiger charge is 2.36. The van der Waals surface area contributed by atoms with Gasteiger partial charge < -0.3 is 23.4 Å². The highest BCUT2D eigenvalue weighted by atomic mass is 28.4. The lowest BCUT2D eigenvalue weighted by atomic mass is 10.2. The van der Waals surface area contributed by atoms with Crippen molar-refractivity contribution in [3.63, 3.8) is 0 Å². The van der Waals surface area contributed by atoms with Gasteiger partial charge in [-0.3, -0.25) is 0 Å². The van der Waals surface area contributed by atoms with E-state index in [1.54, 1.807) is 0 Å². The van der Waals surface area contributed by atoms with E-state index in [1.807, 2.05) is 0 Å². The van der Waals surface area contributed by atoms with Crippen LogP contribution >= 0.6 is 0 Å². The summed E-state index contributed by atoms with van der Waals surface area (Å²) in [5.41, 5.74) is 0. The van der Waals surface area contributed by atoms with Gasteiger partial charge in [0.15, 0.2) is 8.32 Å². The Labute approximate surface area is 149 Å². The fourth-order valence-corrected chi connectivity index (χ4v) is 2.49. The van der Waals surface area contributed by atoms with Crippen molar-refractivity contribution >= 4 is 8.32 Å². The molecule has 0 aromatic carbocycles. The van der Waals surface area contributed by atoms with E-state index in [4.69, 9.17) is 29.8 Å². The molecular weight excluding hydrogens is 324 g/mol. The molecule has 0 unspecified atom stereocenters. The third-order valence-electron chi connectivity index (χ3n) is 4.00.